The SMILES string of the molecule is CC1(C)C2=CCC3B(C4C=CC=CC4)c4cccc5c4N4C3=C2N2c3c(cc(N(C6=CC=CCC6)c6ccccc6)cc31)B(C1C=CC=CC1)c1ccc(c4c12)C5(C)C. The summed E-state index contributed by atoms with van der Waals surface area (Å²) < 4.78 is 0. The van der Waals surface area contributed by atoms with E-state index in [1.165, 1.54) is 78.7 Å². The molecule has 9 aliphatic rings. The molecule has 5 aliphatic heterocycles. The molecule has 3 nitrogen and oxygen atoms in total. The quantitative estimate of drug-likeness (QED) is 0.188. The molecular weight excluding hydrogens is 712 g/mol. The second kappa shape index (κ2) is 12.0. The molecule has 4 aliphatic carbocycles. The summed E-state index contributed by atoms with van der Waals surface area (Å²) in [6, 6.07) is 28.7. The first-order chi connectivity index (χ1) is 28.8. The van der Waals surface area contributed by atoms with E-state index in [-0.39, 0.29) is 17.5 Å². The summed E-state index contributed by atoms with van der Waals surface area (Å²) in [5.41, 5.74) is 22.7. The lowest BCUT2D eigenvalue weighted by Gasteiger charge is -2.61. The molecule has 0 amide bonds. The maximum absolute atomic E-state index is 2.85. The fraction of sp³-hybridized carbons (Fsp3) is 0.259. The van der Waals surface area contributed by atoms with E-state index >= 15 is 0 Å². The van der Waals surface area contributed by atoms with Crippen LogP contribution in [-0.2, 0) is 10.8 Å². The Kier molecular flexibility index (Phi) is 6.94. The van der Waals surface area contributed by atoms with Gasteiger partial charge in [-0.05, 0) is 113 Å². The number of para-hydroxylation sites is 2. The summed E-state index contributed by atoms with van der Waals surface area (Å²) in [7, 11) is 0. The van der Waals surface area contributed by atoms with Gasteiger partial charge >= 0.3 is 0 Å². The minimum atomic E-state index is -0.218. The first kappa shape index (κ1) is 34.2. The highest BCUT2D eigenvalue weighted by molar-refractivity contribution is 6.90. The normalized spacial score (nSPS) is 24.7. The van der Waals surface area contributed by atoms with E-state index in [0.717, 1.165) is 32.1 Å². The molecule has 0 spiro atoms. The molecule has 5 heterocycles. The number of benzene rings is 4. The van der Waals surface area contributed by atoms with Crippen LogP contribution in [0, 0.1) is 0 Å². The fourth-order valence-electron chi connectivity index (χ4n) is 13.2. The molecule has 0 bridgehead atoms. The van der Waals surface area contributed by atoms with Crippen molar-refractivity contribution in [3.8, 4) is 0 Å². The average Bonchev–Trinajstić information content (AvgIpc) is 3.27. The topological polar surface area (TPSA) is 9.72 Å². The molecule has 4 aromatic carbocycles. The zero-order valence-electron chi connectivity index (χ0n) is 34.6. The maximum Gasteiger partial charge on any atom is 0.222 e. The van der Waals surface area contributed by atoms with Crippen LogP contribution in [0.2, 0.25) is 17.5 Å². The summed E-state index contributed by atoms with van der Waals surface area (Å²) in [4.78, 5) is 8.26. The Bertz CT molecular complexity index is 2810. The van der Waals surface area contributed by atoms with Crippen molar-refractivity contribution in [1.29, 1.82) is 0 Å². The van der Waals surface area contributed by atoms with Gasteiger partial charge in [0.25, 0.3) is 0 Å². The second-order valence-corrected chi connectivity index (χ2v) is 19.4. The summed E-state index contributed by atoms with van der Waals surface area (Å²) in [5, 5.41) is 0. The first-order valence-corrected chi connectivity index (χ1v) is 22.3. The van der Waals surface area contributed by atoms with Gasteiger partial charge in [0.1, 0.15) is 0 Å². The van der Waals surface area contributed by atoms with Gasteiger partial charge in [-0.1, -0.05) is 149 Å². The van der Waals surface area contributed by atoms with Crippen molar-refractivity contribution in [3.05, 3.63) is 185 Å². The van der Waals surface area contributed by atoms with E-state index in [9.17, 15) is 0 Å². The lowest BCUT2D eigenvalue weighted by Crippen LogP contribution is -2.61. The van der Waals surface area contributed by atoms with Gasteiger partial charge in [0, 0.05) is 45.0 Å². The van der Waals surface area contributed by atoms with Crippen LogP contribution in [0.5, 0.6) is 0 Å². The fourth-order valence-corrected chi connectivity index (χ4v) is 13.2. The third-order valence-electron chi connectivity index (χ3n) is 15.8. The van der Waals surface area contributed by atoms with Gasteiger partial charge in [0.05, 0.1) is 17.1 Å². The highest BCUT2D eigenvalue weighted by Gasteiger charge is 2.59. The van der Waals surface area contributed by atoms with Crippen molar-refractivity contribution >= 4 is 63.9 Å². The highest BCUT2D eigenvalue weighted by Crippen LogP contribution is 2.67. The van der Waals surface area contributed by atoms with Crippen molar-refractivity contribution in [2.45, 2.75) is 88.1 Å². The molecule has 4 aromatic rings. The van der Waals surface area contributed by atoms with Crippen molar-refractivity contribution in [2.24, 2.45) is 0 Å². The standard InChI is InChI=1S/C54H49B2N3/c1-53(2)39-26-17-27-43-47(39)58-49-40(53)28-31-45-52(49)59-48-42(54(3,4)41-29-30-44(51(58)50(41)59)55(43)34-18-9-5-10-19-34)32-38(33-46(48)56(45)35-20-11-6-12-21-35)57(36-22-13-7-14-23-36)37-24-15-8-16-25-37/h5-15,17-18,20,22-24,26-29,31-35,44H,16,19,21,25,30H2,1-4H3. The lowest BCUT2D eigenvalue weighted by molar-refractivity contribution is 0.585. The van der Waals surface area contributed by atoms with Gasteiger partial charge in [-0.3, -0.25) is 0 Å². The molecule has 0 saturated carbocycles. The third-order valence-corrected chi connectivity index (χ3v) is 15.8. The van der Waals surface area contributed by atoms with Crippen LogP contribution in [0.3, 0.4) is 0 Å². The highest BCUT2D eigenvalue weighted by atomic mass is 15.3. The Morgan fingerprint density at radius 1 is 0.610 bits per heavy atom. The zero-order valence-corrected chi connectivity index (χ0v) is 34.6. The van der Waals surface area contributed by atoms with Crippen LogP contribution in [-0.4, -0.2) is 13.4 Å². The maximum atomic E-state index is 2.85. The molecule has 59 heavy (non-hydrogen) atoms. The van der Waals surface area contributed by atoms with E-state index < -0.39 is 0 Å². The molecule has 0 N–H and O–H groups in total. The van der Waals surface area contributed by atoms with Gasteiger partial charge in [0.2, 0.25) is 6.71 Å². The number of hydrogen-bond acceptors (Lipinski definition) is 3. The number of allylic oxidation sites excluding steroid dienone is 15. The van der Waals surface area contributed by atoms with Gasteiger partial charge in [0.15, 0.2) is 6.71 Å². The monoisotopic (exact) mass is 761 g/mol. The Hall–Kier alpha value is -5.67. The molecule has 0 saturated heterocycles. The summed E-state index contributed by atoms with van der Waals surface area (Å²) in [6.07, 6.45) is 33.8. The van der Waals surface area contributed by atoms with Crippen LogP contribution in [0.4, 0.5) is 34.1 Å². The minimum absolute atomic E-state index is 0.152. The van der Waals surface area contributed by atoms with Crippen molar-refractivity contribution in [2.75, 3.05) is 14.7 Å². The van der Waals surface area contributed by atoms with Crippen LogP contribution < -0.4 is 31.1 Å². The molecule has 286 valence electrons. The predicted molar refractivity (Wildman–Crippen MR) is 251 cm³/mol. The molecule has 3 atom stereocenters. The van der Waals surface area contributed by atoms with Crippen molar-refractivity contribution in [3.63, 3.8) is 0 Å². The average molecular weight is 762 g/mol. The molecule has 0 aromatic heterocycles. The van der Waals surface area contributed by atoms with Crippen molar-refractivity contribution in [1.82, 2.24) is 0 Å². The lowest BCUT2D eigenvalue weighted by atomic mass is 9.26. The Balaban J connectivity index is 1.15. The van der Waals surface area contributed by atoms with Crippen LogP contribution in [0.25, 0.3) is 0 Å². The van der Waals surface area contributed by atoms with E-state index in [1.54, 1.807) is 11.2 Å². The predicted octanol–water partition coefficient (Wildman–Crippen LogP) is 11.6. The largest absolute Gasteiger partial charge is 0.314 e. The molecular formula is C54H49B2N3. The smallest absolute Gasteiger partial charge is 0.222 e. The molecule has 0 fully saturated rings. The second-order valence-electron chi connectivity index (χ2n) is 19.4. The molecule has 3 unspecified atom stereocenters. The van der Waals surface area contributed by atoms with Gasteiger partial charge in [-0.2, -0.15) is 0 Å². The van der Waals surface area contributed by atoms with Crippen LogP contribution in [0.1, 0.15) is 76.5 Å². The summed E-state index contributed by atoms with van der Waals surface area (Å²) in [5.74, 6) is 1.20. The number of rotatable bonds is 5. The Morgan fingerprint density at radius 3 is 2.15 bits per heavy atom. The van der Waals surface area contributed by atoms with Gasteiger partial charge in [-0.25, -0.2) is 0 Å². The molecule has 5 heteroatoms. The Labute approximate surface area is 350 Å². The van der Waals surface area contributed by atoms with Gasteiger partial charge in [-0.15, -0.1) is 0 Å². The zero-order chi connectivity index (χ0) is 39.4. The number of nitrogens with zero attached hydrogens (tertiary/aromatic N) is 3. The van der Waals surface area contributed by atoms with Crippen LogP contribution in [0.15, 0.2) is 168 Å². The molecule has 0 radical (unpaired) electrons. The van der Waals surface area contributed by atoms with Gasteiger partial charge < -0.3 is 14.7 Å². The third kappa shape index (κ3) is 4.36. The van der Waals surface area contributed by atoms with E-state index in [1.807, 2.05) is 0 Å². The minimum Gasteiger partial charge on any atom is -0.314 e. The van der Waals surface area contributed by atoms with Crippen molar-refractivity contribution < 1.29 is 0 Å². The first-order valence-electron chi connectivity index (χ1n) is 22.3. The van der Waals surface area contributed by atoms with E-state index in [0.29, 0.717) is 24.2 Å². The van der Waals surface area contributed by atoms with E-state index in [2.05, 4.69) is 188 Å². The summed E-state index contributed by atoms with van der Waals surface area (Å²) >= 11 is 0. The van der Waals surface area contributed by atoms with Crippen LogP contribution >= 0.6 is 0 Å². The number of anilines is 6. The molecule has 13 rings (SSSR count). The van der Waals surface area contributed by atoms with E-state index in [4.69, 9.17) is 0 Å². The summed E-state index contributed by atoms with van der Waals surface area (Å²) in [6.45, 7) is 10.7. The number of hydrogen-bond donors (Lipinski definition) is 0. The Morgan fingerprint density at radius 2 is 1.39 bits per heavy atom.